The highest BCUT2D eigenvalue weighted by molar-refractivity contribution is 14.1. The topological polar surface area (TPSA) is 50.4 Å². The van der Waals surface area contributed by atoms with E-state index in [2.05, 4.69) is 51.6 Å². The maximum absolute atomic E-state index is 5.69. The van der Waals surface area contributed by atoms with Crippen LogP contribution in [0.2, 0.25) is 0 Å². The van der Waals surface area contributed by atoms with Crippen LogP contribution in [0, 0.1) is 2.88 Å². The van der Waals surface area contributed by atoms with Crippen molar-refractivity contribution in [1.82, 2.24) is 5.32 Å². The summed E-state index contributed by atoms with van der Waals surface area (Å²) in [5.74, 6) is 0.495. The Morgan fingerprint density at radius 3 is 2.82 bits per heavy atom. The zero-order valence-corrected chi connectivity index (χ0v) is 15.0. The molecular formula is C11H17I2N3S. The average molecular weight is 477 g/mol. The molecule has 0 radical (unpaired) electrons. The van der Waals surface area contributed by atoms with Gasteiger partial charge in [0.2, 0.25) is 0 Å². The van der Waals surface area contributed by atoms with Crippen molar-refractivity contribution in [1.29, 1.82) is 0 Å². The van der Waals surface area contributed by atoms with Crippen LogP contribution in [-0.4, -0.2) is 19.0 Å². The summed E-state index contributed by atoms with van der Waals surface area (Å²) in [7, 11) is 0. The van der Waals surface area contributed by atoms with E-state index in [1.165, 1.54) is 7.76 Å². The first-order chi connectivity index (χ1) is 7.58. The standard InChI is InChI=1S/C11H16IN3S.HI/c1-8(2)7-15-11(13)14-6-5-9-3-4-10(12)16-9;/h3-4H,1,5-7H2,2H3,(H3,13,14,15);1H. The molecule has 6 heteroatoms. The second-order valence-electron chi connectivity index (χ2n) is 3.54. The van der Waals surface area contributed by atoms with Crippen LogP contribution in [0.4, 0.5) is 0 Å². The van der Waals surface area contributed by atoms with E-state index in [4.69, 9.17) is 5.73 Å². The van der Waals surface area contributed by atoms with Gasteiger partial charge >= 0.3 is 0 Å². The third-order valence-corrected chi connectivity index (χ3v) is 3.78. The van der Waals surface area contributed by atoms with Crippen molar-refractivity contribution < 1.29 is 0 Å². The van der Waals surface area contributed by atoms with Crippen molar-refractivity contribution in [2.24, 2.45) is 10.7 Å². The highest BCUT2D eigenvalue weighted by Crippen LogP contribution is 2.18. The van der Waals surface area contributed by atoms with Crippen molar-refractivity contribution in [2.45, 2.75) is 13.3 Å². The Hall–Kier alpha value is 0.170. The lowest BCUT2D eigenvalue weighted by atomic mass is 10.3. The van der Waals surface area contributed by atoms with Gasteiger partial charge < -0.3 is 11.1 Å². The van der Waals surface area contributed by atoms with Gasteiger partial charge in [-0.1, -0.05) is 12.2 Å². The fraction of sp³-hybridized carbons (Fsp3) is 0.364. The molecule has 0 aliphatic rings. The number of guanidine groups is 1. The first kappa shape index (κ1) is 17.2. The quantitative estimate of drug-likeness (QED) is 0.297. The SMILES string of the molecule is C=C(C)CN=C(N)NCCc1ccc(I)s1.I. The van der Waals surface area contributed by atoms with Crippen LogP contribution in [0.25, 0.3) is 0 Å². The van der Waals surface area contributed by atoms with E-state index >= 15 is 0 Å². The van der Waals surface area contributed by atoms with Gasteiger partial charge in [0, 0.05) is 11.4 Å². The second-order valence-corrected chi connectivity index (χ2v) is 6.60. The van der Waals surface area contributed by atoms with E-state index in [1.807, 2.05) is 18.3 Å². The smallest absolute Gasteiger partial charge is 0.188 e. The summed E-state index contributed by atoms with van der Waals surface area (Å²) in [5, 5.41) is 3.09. The number of nitrogens with one attached hydrogen (secondary N) is 1. The van der Waals surface area contributed by atoms with Crippen LogP contribution in [0.3, 0.4) is 0 Å². The molecule has 0 saturated carbocycles. The van der Waals surface area contributed by atoms with E-state index in [9.17, 15) is 0 Å². The molecule has 3 nitrogen and oxygen atoms in total. The van der Waals surface area contributed by atoms with Crippen molar-refractivity contribution in [3.8, 4) is 0 Å². The number of nitrogens with two attached hydrogens (primary N) is 1. The minimum Gasteiger partial charge on any atom is -0.370 e. The van der Waals surface area contributed by atoms with Crippen LogP contribution in [-0.2, 0) is 6.42 Å². The Morgan fingerprint density at radius 1 is 1.59 bits per heavy atom. The van der Waals surface area contributed by atoms with Crippen molar-refractivity contribution in [3.63, 3.8) is 0 Å². The summed E-state index contributed by atoms with van der Waals surface area (Å²) < 4.78 is 1.32. The van der Waals surface area contributed by atoms with Gasteiger partial charge in [-0.25, -0.2) is 4.99 Å². The normalized spacial score (nSPS) is 10.8. The molecule has 0 atom stereocenters. The van der Waals surface area contributed by atoms with Gasteiger partial charge in [0.15, 0.2) is 5.96 Å². The molecular weight excluding hydrogens is 460 g/mol. The molecule has 0 aromatic carbocycles. The van der Waals surface area contributed by atoms with Crippen LogP contribution in [0.5, 0.6) is 0 Å². The van der Waals surface area contributed by atoms with Gasteiger partial charge in [0.25, 0.3) is 0 Å². The Labute approximate surface area is 137 Å². The van der Waals surface area contributed by atoms with Crippen molar-refractivity contribution >= 4 is 63.9 Å². The second kappa shape index (κ2) is 9.15. The van der Waals surface area contributed by atoms with Crippen molar-refractivity contribution in [2.75, 3.05) is 13.1 Å². The number of nitrogens with zero attached hydrogens (tertiary/aromatic N) is 1. The highest BCUT2D eigenvalue weighted by Gasteiger charge is 1.97. The summed E-state index contributed by atoms with van der Waals surface area (Å²) >= 11 is 4.14. The Morgan fingerprint density at radius 2 is 2.29 bits per heavy atom. The zero-order chi connectivity index (χ0) is 12.0. The lowest BCUT2D eigenvalue weighted by Gasteiger charge is -2.04. The van der Waals surface area contributed by atoms with Crippen LogP contribution < -0.4 is 11.1 Å². The number of thiophene rings is 1. The zero-order valence-electron chi connectivity index (χ0n) is 9.70. The fourth-order valence-corrected chi connectivity index (χ4v) is 2.83. The van der Waals surface area contributed by atoms with Gasteiger partial charge in [-0.05, 0) is 48.1 Å². The van der Waals surface area contributed by atoms with E-state index in [1.54, 1.807) is 0 Å². The van der Waals surface area contributed by atoms with Crippen LogP contribution in [0.15, 0.2) is 29.3 Å². The molecule has 1 aromatic rings. The summed E-state index contributed by atoms with van der Waals surface area (Å²) in [6.07, 6.45) is 0.983. The van der Waals surface area contributed by atoms with E-state index < -0.39 is 0 Å². The predicted molar refractivity (Wildman–Crippen MR) is 95.5 cm³/mol. The lowest BCUT2D eigenvalue weighted by molar-refractivity contribution is 0.862. The van der Waals surface area contributed by atoms with Gasteiger partial charge in [0.1, 0.15) is 0 Å². The van der Waals surface area contributed by atoms with E-state index in [-0.39, 0.29) is 24.0 Å². The fourth-order valence-electron chi connectivity index (χ4n) is 1.08. The molecule has 1 aromatic heterocycles. The molecule has 1 rings (SSSR count). The average Bonchev–Trinajstić information content (AvgIpc) is 2.61. The molecule has 0 saturated heterocycles. The maximum Gasteiger partial charge on any atom is 0.188 e. The predicted octanol–water partition coefficient (Wildman–Crippen LogP) is 2.99. The first-order valence-corrected chi connectivity index (χ1v) is 6.90. The number of halogens is 2. The Bertz CT molecular complexity index is 388. The summed E-state index contributed by atoms with van der Waals surface area (Å²) in [4.78, 5) is 5.51. The molecule has 17 heavy (non-hydrogen) atoms. The van der Waals surface area contributed by atoms with E-state index in [0.29, 0.717) is 12.5 Å². The largest absolute Gasteiger partial charge is 0.370 e. The number of aliphatic imine (C=N–C) groups is 1. The summed E-state index contributed by atoms with van der Waals surface area (Å²) in [6, 6.07) is 4.27. The van der Waals surface area contributed by atoms with E-state index in [0.717, 1.165) is 18.5 Å². The Balaban J connectivity index is 0.00000256. The monoisotopic (exact) mass is 477 g/mol. The van der Waals surface area contributed by atoms with Gasteiger partial charge in [-0.2, -0.15) is 0 Å². The Kier molecular flexibility index (Phi) is 9.24. The third kappa shape index (κ3) is 7.98. The number of rotatable bonds is 5. The lowest BCUT2D eigenvalue weighted by Crippen LogP contribution is -2.33. The maximum atomic E-state index is 5.69. The number of hydrogen-bond acceptors (Lipinski definition) is 2. The molecule has 0 unspecified atom stereocenters. The molecule has 0 aliphatic carbocycles. The molecule has 1 heterocycles. The van der Waals surface area contributed by atoms with Crippen LogP contribution in [0.1, 0.15) is 11.8 Å². The van der Waals surface area contributed by atoms with Gasteiger partial charge in [0.05, 0.1) is 9.43 Å². The van der Waals surface area contributed by atoms with Gasteiger partial charge in [-0.3, -0.25) is 0 Å². The highest BCUT2D eigenvalue weighted by atomic mass is 127. The minimum atomic E-state index is 0. The first-order valence-electron chi connectivity index (χ1n) is 5.00. The molecule has 0 aliphatic heterocycles. The summed E-state index contributed by atoms with van der Waals surface area (Å²) in [5.41, 5.74) is 6.70. The molecule has 3 N–H and O–H groups in total. The number of hydrogen-bond donors (Lipinski definition) is 2. The molecule has 0 bridgehead atoms. The van der Waals surface area contributed by atoms with Crippen LogP contribution >= 0.6 is 57.9 Å². The molecule has 0 spiro atoms. The molecule has 96 valence electrons. The third-order valence-electron chi connectivity index (χ3n) is 1.83. The van der Waals surface area contributed by atoms with Crippen molar-refractivity contribution in [3.05, 3.63) is 32.0 Å². The van der Waals surface area contributed by atoms with Gasteiger partial charge in [-0.15, -0.1) is 35.3 Å². The molecule has 0 fully saturated rings. The summed E-state index contributed by atoms with van der Waals surface area (Å²) in [6.45, 7) is 7.12. The molecule has 0 amide bonds. The minimum absolute atomic E-state index is 0.